The van der Waals surface area contributed by atoms with Crippen LogP contribution in [0.1, 0.15) is 64.7 Å². The Labute approximate surface area is 129 Å². The fraction of sp³-hybridized carbons (Fsp3) is 0.611. The summed E-state index contributed by atoms with van der Waals surface area (Å²) in [7, 11) is 0. The van der Waals surface area contributed by atoms with Crippen molar-refractivity contribution >= 4 is 5.97 Å². The molecule has 0 aliphatic heterocycles. The molecule has 0 heterocycles. The lowest BCUT2D eigenvalue weighted by atomic mass is 10.1. The van der Waals surface area contributed by atoms with Crippen molar-refractivity contribution in [2.24, 2.45) is 0 Å². The number of allylic oxidation sites excluding steroid dienone is 4. The molecule has 0 spiro atoms. The molecular formula is C18H29O3-. The van der Waals surface area contributed by atoms with Crippen molar-refractivity contribution < 1.29 is 15.0 Å². The van der Waals surface area contributed by atoms with E-state index in [1.54, 1.807) is 0 Å². The molecule has 0 saturated carbocycles. The Hall–Kier alpha value is -1.35. The Bertz CT molecular complexity index is 329. The molecule has 120 valence electrons. The maximum atomic E-state index is 10.2. The maximum absolute atomic E-state index is 10.2. The standard InChI is InChI=1S/C18H30O3/c1-2-3-4-11-14-17(19)15-12-9-7-5-6-8-10-13-16-18(20)21/h5-6,9,11-12,14,17,19H,2-4,7-8,10,13,15-16H2,1H3,(H,20,21)/p-1/b6-5-,12-9-,14-11+. The van der Waals surface area contributed by atoms with Crippen molar-refractivity contribution in [3.8, 4) is 0 Å². The second-order valence-corrected chi connectivity index (χ2v) is 5.17. The van der Waals surface area contributed by atoms with Crippen LogP contribution >= 0.6 is 0 Å². The number of unbranched alkanes of at least 4 members (excludes halogenated alkanes) is 4. The van der Waals surface area contributed by atoms with Crippen LogP contribution in [0.5, 0.6) is 0 Å². The molecule has 0 radical (unpaired) electrons. The van der Waals surface area contributed by atoms with Gasteiger partial charge in [0, 0.05) is 5.97 Å². The van der Waals surface area contributed by atoms with Gasteiger partial charge in [-0.1, -0.05) is 56.2 Å². The first-order valence-electron chi connectivity index (χ1n) is 8.01. The predicted molar refractivity (Wildman–Crippen MR) is 85.7 cm³/mol. The van der Waals surface area contributed by atoms with E-state index in [9.17, 15) is 15.0 Å². The second-order valence-electron chi connectivity index (χ2n) is 5.17. The van der Waals surface area contributed by atoms with Gasteiger partial charge < -0.3 is 15.0 Å². The molecule has 0 fully saturated rings. The fourth-order valence-electron chi connectivity index (χ4n) is 1.81. The van der Waals surface area contributed by atoms with Gasteiger partial charge >= 0.3 is 0 Å². The van der Waals surface area contributed by atoms with E-state index in [-0.39, 0.29) is 12.5 Å². The van der Waals surface area contributed by atoms with E-state index in [0.717, 1.165) is 25.7 Å². The van der Waals surface area contributed by atoms with Crippen molar-refractivity contribution in [1.29, 1.82) is 0 Å². The number of carboxylic acids is 1. The Balaban J connectivity index is 3.50. The van der Waals surface area contributed by atoms with Crippen LogP contribution in [0, 0.1) is 0 Å². The van der Waals surface area contributed by atoms with Crippen molar-refractivity contribution in [1.82, 2.24) is 0 Å². The van der Waals surface area contributed by atoms with Gasteiger partial charge in [-0.25, -0.2) is 0 Å². The number of hydrogen-bond acceptors (Lipinski definition) is 3. The fourth-order valence-corrected chi connectivity index (χ4v) is 1.81. The number of aliphatic hydroxyl groups excluding tert-OH is 1. The molecule has 3 nitrogen and oxygen atoms in total. The van der Waals surface area contributed by atoms with E-state index >= 15 is 0 Å². The zero-order chi connectivity index (χ0) is 15.8. The third kappa shape index (κ3) is 16.6. The summed E-state index contributed by atoms with van der Waals surface area (Å²) in [6, 6.07) is 0. The molecule has 0 rings (SSSR count). The van der Waals surface area contributed by atoms with Gasteiger partial charge in [0.2, 0.25) is 0 Å². The first-order chi connectivity index (χ1) is 10.2. The first-order valence-corrected chi connectivity index (χ1v) is 8.01. The molecule has 1 N–H and O–H groups in total. The van der Waals surface area contributed by atoms with Gasteiger partial charge in [-0.3, -0.25) is 0 Å². The summed E-state index contributed by atoms with van der Waals surface area (Å²) in [5, 5.41) is 19.9. The number of aliphatic hydroxyl groups is 1. The minimum absolute atomic E-state index is 0.150. The molecule has 1 unspecified atom stereocenters. The summed E-state index contributed by atoms with van der Waals surface area (Å²) in [5.74, 6) is -0.968. The van der Waals surface area contributed by atoms with Gasteiger partial charge in [-0.2, -0.15) is 0 Å². The molecule has 0 aliphatic rings. The smallest absolute Gasteiger partial charge is 0.0755 e. The third-order valence-electron chi connectivity index (χ3n) is 3.07. The Kier molecular flexibility index (Phi) is 14.1. The van der Waals surface area contributed by atoms with E-state index in [1.807, 2.05) is 18.2 Å². The normalized spacial score (nSPS) is 13.6. The lowest BCUT2D eigenvalue weighted by molar-refractivity contribution is -0.305. The van der Waals surface area contributed by atoms with Crippen LogP contribution in [0.3, 0.4) is 0 Å². The van der Waals surface area contributed by atoms with Crippen molar-refractivity contribution in [3.63, 3.8) is 0 Å². The van der Waals surface area contributed by atoms with Crippen LogP contribution in [0.2, 0.25) is 0 Å². The van der Waals surface area contributed by atoms with Gasteiger partial charge in [0.1, 0.15) is 0 Å². The average molecular weight is 293 g/mol. The molecule has 0 bridgehead atoms. The number of aliphatic carboxylic acids is 1. The van der Waals surface area contributed by atoms with Crippen LogP contribution in [-0.4, -0.2) is 17.2 Å². The highest BCUT2D eigenvalue weighted by molar-refractivity contribution is 5.64. The number of carbonyl (C=O) groups excluding carboxylic acids is 1. The lowest BCUT2D eigenvalue weighted by Crippen LogP contribution is -2.21. The molecule has 1 atom stereocenters. The molecule has 0 saturated heterocycles. The largest absolute Gasteiger partial charge is 0.550 e. The lowest BCUT2D eigenvalue weighted by Gasteiger charge is -2.00. The number of carbonyl (C=O) groups is 1. The van der Waals surface area contributed by atoms with Crippen LogP contribution in [0.15, 0.2) is 36.5 Å². The minimum Gasteiger partial charge on any atom is -0.550 e. The zero-order valence-corrected chi connectivity index (χ0v) is 13.2. The maximum Gasteiger partial charge on any atom is 0.0755 e. The van der Waals surface area contributed by atoms with E-state index in [1.165, 1.54) is 12.8 Å². The Morgan fingerprint density at radius 1 is 1.05 bits per heavy atom. The second kappa shape index (κ2) is 15.0. The molecular weight excluding hydrogens is 264 g/mol. The van der Waals surface area contributed by atoms with Gasteiger partial charge in [-0.15, -0.1) is 0 Å². The Morgan fingerprint density at radius 3 is 2.48 bits per heavy atom. The van der Waals surface area contributed by atoms with E-state index in [0.29, 0.717) is 12.8 Å². The summed E-state index contributed by atoms with van der Waals surface area (Å²) in [6.45, 7) is 2.16. The van der Waals surface area contributed by atoms with Gasteiger partial charge in [0.05, 0.1) is 6.10 Å². The van der Waals surface area contributed by atoms with E-state index < -0.39 is 5.97 Å². The average Bonchev–Trinajstić information content (AvgIpc) is 2.45. The summed E-state index contributed by atoms with van der Waals surface area (Å²) in [6.07, 6.45) is 19.2. The number of hydrogen-bond donors (Lipinski definition) is 1. The predicted octanol–water partition coefficient (Wildman–Crippen LogP) is 3.30. The van der Waals surface area contributed by atoms with Crippen LogP contribution in [0.4, 0.5) is 0 Å². The van der Waals surface area contributed by atoms with Crippen molar-refractivity contribution in [2.75, 3.05) is 0 Å². The summed E-state index contributed by atoms with van der Waals surface area (Å²) in [5.41, 5.74) is 0. The molecule has 0 amide bonds. The SMILES string of the molecule is CCCC/C=C/C(O)C/C=C\C/C=C\CCCCC(=O)[O-]. The quantitative estimate of drug-likeness (QED) is 0.419. The molecule has 21 heavy (non-hydrogen) atoms. The third-order valence-corrected chi connectivity index (χ3v) is 3.07. The highest BCUT2D eigenvalue weighted by Crippen LogP contribution is 2.02. The summed E-state index contributed by atoms with van der Waals surface area (Å²) >= 11 is 0. The monoisotopic (exact) mass is 293 g/mol. The topological polar surface area (TPSA) is 60.4 Å². The summed E-state index contributed by atoms with van der Waals surface area (Å²) < 4.78 is 0. The molecule has 0 aromatic heterocycles. The minimum atomic E-state index is -0.968. The summed E-state index contributed by atoms with van der Waals surface area (Å²) in [4.78, 5) is 10.2. The molecule has 0 aromatic rings. The van der Waals surface area contributed by atoms with Crippen molar-refractivity contribution in [2.45, 2.75) is 70.8 Å². The molecule has 3 heteroatoms. The Morgan fingerprint density at radius 2 is 1.76 bits per heavy atom. The highest BCUT2D eigenvalue weighted by atomic mass is 16.4. The van der Waals surface area contributed by atoms with Crippen LogP contribution in [-0.2, 0) is 4.79 Å². The van der Waals surface area contributed by atoms with Gasteiger partial charge in [0.25, 0.3) is 0 Å². The van der Waals surface area contributed by atoms with E-state index in [2.05, 4.69) is 25.2 Å². The van der Waals surface area contributed by atoms with E-state index in [4.69, 9.17) is 0 Å². The van der Waals surface area contributed by atoms with Crippen LogP contribution < -0.4 is 5.11 Å². The molecule has 0 aliphatic carbocycles. The number of carboxylic acid groups (broad SMARTS) is 1. The van der Waals surface area contributed by atoms with Gasteiger partial charge in [-0.05, 0) is 44.9 Å². The van der Waals surface area contributed by atoms with Crippen LogP contribution in [0.25, 0.3) is 0 Å². The highest BCUT2D eigenvalue weighted by Gasteiger charge is 1.93. The zero-order valence-electron chi connectivity index (χ0n) is 13.2. The number of rotatable bonds is 13. The molecule has 0 aromatic carbocycles. The first kappa shape index (κ1) is 19.7. The van der Waals surface area contributed by atoms with Gasteiger partial charge in [0.15, 0.2) is 0 Å². The van der Waals surface area contributed by atoms with Crippen molar-refractivity contribution in [3.05, 3.63) is 36.5 Å².